The molecule has 11 heteroatoms. The smallest absolute Gasteiger partial charge is 0.325 e. The van der Waals surface area contributed by atoms with E-state index in [4.69, 9.17) is 0 Å². The summed E-state index contributed by atoms with van der Waals surface area (Å²) in [5.41, 5.74) is -3.46. The van der Waals surface area contributed by atoms with Gasteiger partial charge < -0.3 is 10.6 Å². The summed E-state index contributed by atoms with van der Waals surface area (Å²) in [6, 6.07) is 1.04. The van der Waals surface area contributed by atoms with Crippen LogP contribution in [0.2, 0.25) is 0 Å². The van der Waals surface area contributed by atoms with Crippen LogP contribution in [0.25, 0.3) is 0 Å². The zero-order valence-corrected chi connectivity index (χ0v) is 14.5. The third kappa shape index (κ3) is 6.03. The minimum Gasteiger partial charge on any atom is -0.325 e. The van der Waals surface area contributed by atoms with Crippen LogP contribution in [-0.4, -0.2) is 43.0 Å². The minimum atomic E-state index is -4.95. The summed E-state index contributed by atoms with van der Waals surface area (Å²) in [7, 11) is 0. The first-order chi connectivity index (χ1) is 11.5. The van der Waals surface area contributed by atoms with Crippen molar-refractivity contribution in [2.75, 3.05) is 31.5 Å². The van der Waals surface area contributed by atoms with Crippen LogP contribution < -0.4 is 10.6 Å². The van der Waals surface area contributed by atoms with Crippen LogP contribution in [0, 0.1) is 0 Å². The zero-order valence-electron chi connectivity index (χ0n) is 13.7. The van der Waals surface area contributed by atoms with E-state index in [-0.39, 0.29) is 31.1 Å². The maximum atomic E-state index is 12.8. The Morgan fingerprint density at radius 2 is 1.69 bits per heavy atom. The van der Waals surface area contributed by atoms with E-state index in [1.54, 1.807) is 4.90 Å². The van der Waals surface area contributed by atoms with Crippen LogP contribution in [0.5, 0.6) is 0 Å². The summed E-state index contributed by atoms with van der Waals surface area (Å²) >= 11 is 0. The van der Waals surface area contributed by atoms with Gasteiger partial charge in [-0.25, -0.2) is 0 Å². The molecule has 1 aromatic rings. The number of amides is 1. The fourth-order valence-corrected chi connectivity index (χ4v) is 2.53. The molecule has 2 rings (SSSR count). The van der Waals surface area contributed by atoms with E-state index in [1.807, 2.05) is 6.92 Å². The molecule has 1 saturated heterocycles. The van der Waals surface area contributed by atoms with E-state index in [9.17, 15) is 31.1 Å². The van der Waals surface area contributed by atoms with Gasteiger partial charge in [-0.1, -0.05) is 0 Å². The lowest BCUT2D eigenvalue weighted by Crippen LogP contribution is -2.52. The van der Waals surface area contributed by atoms with Gasteiger partial charge in [-0.05, 0) is 25.1 Å². The van der Waals surface area contributed by atoms with Gasteiger partial charge in [0.15, 0.2) is 0 Å². The molecule has 1 amide bonds. The average Bonchev–Trinajstić information content (AvgIpc) is 2.47. The molecule has 0 radical (unpaired) electrons. The summed E-state index contributed by atoms with van der Waals surface area (Å²) < 4.78 is 76.8. The highest BCUT2D eigenvalue weighted by atomic mass is 35.5. The molecule has 26 heavy (non-hydrogen) atoms. The molecule has 0 aromatic heterocycles. The molecule has 1 atom stereocenters. The highest BCUT2D eigenvalue weighted by molar-refractivity contribution is 5.92. The fraction of sp³-hybridized carbons (Fsp3) is 0.533. The molecule has 148 valence electrons. The van der Waals surface area contributed by atoms with E-state index in [2.05, 4.69) is 10.6 Å². The van der Waals surface area contributed by atoms with Crippen molar-refractivity contribution in [2.24, 2.45) is 0 Å². The number of carbonyl (C=O) groups excluding carboxylic acids is 1. The summed E-state index contributed by atoms with van der Waals surface area (Å²) in [5, 5.41) is 5.25. The van der Waals surface area contributed by atoms with Crippen molar-refractivity contribution in [2.45, 2.75) is 25.3 Å². The highest BCUT2D eigenvalue weighted by Gasteiger charge is 2.37. The van der Waals surface area contributed by atoms with Crippen molar-refractivity contribution in [3.63, 3.8) is 0 Å². The third-order valence-corrected chi connectivity index (χ3v) is 3.86. The Morgan fingerprint density at radius 3 is 2.15 bits per heavy atom. The maximum absolute atomic E-state index is 12.8. The van der Waals surface area contributed by atoms with E-state index >= 15 is 0 Å². The molecule has 0 aliphatic carbocycles. The van der Waals surface area contributed by atoms with E-state index in [1.165, 1.54) is 0 Å². The van der Waals surface area contributed by atoms with Crippen LogP contribution in [0.15, 0.2) is 18.2 Å². The number of nitrogens with zero attached hydrogens (tertiary/aromatic N) is 1. The third-order valence-electron chi connectivity index (χ3n) is 3.86. The molecule has 0 saturated carbocycles. The number of carbonyl (C=O) groups is 1. The number of halogens is 7. The van der Waals surface area contributed by atoms with Gasteiger partial charge in [0.2, 0.25) is 5.91 Å². The molecule has 1 aliphatic heterocycles. The SMILES string of the molecule is C[C@@H]1CNCCN1CC(=O)Nc1cc(C(F)(F)F)cc(C(F)(F)F)c1.Cl. The Bertz CT molecular complexity index is 603. The monoisotopic (exact) mass is 405 g/mol. The quantitative estimate of drug-likeness (QED) is 0.758. The van der Waals surface area contributed by atoms with Crippen LogP contribution in [-0.2, 0) is 17.1 Å². The Balaban J connectivity index is 0.00000338. The van der Waals surface area contributed by atoms with Crippen LogP contribution in [0.3, 0.4) is 0 Å². The summed E-state index contributed by atoms with van der Waals surface area (Å²) in [4.78, 5) is 13.8. The van der Waals surface area contributed by atoms with Gasteiger partial charge in [-0.15, -0.1) is 12.4 Å². The molecular formula is C15H18ClF6N3O. The van der Waals surface area contributed by atoms with Crippen molar-refractivity contribution in [1.82, 2.24) is 10.2 Å². The van der Waals surface area contributed by atoms with Crippen molar-refractivity contribution < 1.29 is 31.1 Å². The molecule has 0 bridgehead atoms. The summed E-state index contributed by atoms with van der Waals surface area (Å²) in [6.45, 7) is 3.62. The largest absolute Gasteiger partial charge is 0.416 e. The van der Waals surface area contributed by atoms with Gasteiger partial charge in [-0.3, -0.25) is 9.69 Å². The molecule has 1 aliphatic rings. The number of anilines is 1. The standard InChI is InChI=1S/C15H17F6N3O.ClH/c1-9-7-22-2-3-24(9)8-13(25)23-12-5-10(14(16,17)18)4-11(6-12)15(19,20)21;/h4-6,9,22H,2-3,7-8H2,1H3,(H,23,25);1H/t9-;/m1./s1. The molecule has 0 unspecified atom stereocenters. The summed E-state index contributed by atoms with van der Waals surface area (Å²) in [5.74, 6) is -0.666. The molecule has 1 fully saturated rings. The molecule has 1 aromatic carbocycles. The molecule has 4 nitrogen and oxygen atoms in total. The van der Waals surface area contributed by atoms with Crippen LogP contribution >= 0.6 is 12.4 Å². The predicted octanol–water partition coefficient (Wildman–Crippen LogP) is 3.38. The second kappa shape index (κ2) is 8.45. The Labute approximate surface area is 152 Å². The highest BCUT2D eigenvalue weighted by Crippen LogP contribution is 2.37. The van der Waals surface area contributed by atoms with Crippen molar-refractivity contribution in [1.29, 1.82) is 0 Å². The lowest BCUT2D eigenvalue weighted by Gasteiger charge is -2.33. The Hall–Kier alpha value is -1.52. The van der Waals surface area contributed by atoms with Gasteiger partial charge >= 0.3 is 12.4 Å². The maximum Gasteiger partial charge on any atom is 0.416 e. The van der Waals surface area contributed by atoms with Gasteiger partial charge in [-0.2, -0.15) is 26.3 Å². The second-order valence-corrected chi connectivity index (χ2v) is 5.87. The van der Waals surface area contributed by atoms with E-state index in [0.717, 1.165) is 0 Å². The predicted molar refractivity (Wildman–Crippen MR) is 86.2 cm³/mol. The number of rotatable bonds is 3. The lowest BCUT2D eigenvalue weighted by atomic mass is 10.1. The fourth-order valence-electron chi connectivity index (χ4n) is 2.53. The zero-order chi connectivity index (χ0) is 18.8. The first-order valence-electron chi connectivity index (χ1n) is 7.51. The number of hydrogen-bond acceptors (Lipinski definition) is 3. The first-order valence-corrected chi connectivity index (χ1v) is 7.51. The van der Waals surface area contributed by atoms with Gasteiger partial charge in [0.25, 0.3) is 0 Å². The van der Waals surface area contributed by atoms with Crippen LogP contribution in [0.4, 0.5) is 32.0 Å². The molecule has 2 N–H and O–H groups in total. The van der Waals surface area contributed by atoms with Gasteiger partial charge in [0, 0.05) is 31.4 Å². The first kappa shape index (κ1) is 22.5. The second-order valence-electron chi connectivity index (χ2n) is 5.87. The molecule has 0 spiro atoms. The van der Waals surface area contributed by atoms with E-state index in [0.29, 0.717) is 31.8 Å². The molecular weight excluding hydrogens is 388 g/mol. The Morgan fingerprint density at radius 1 is 1.15 bits per heavy atom. The number of alkyl halides is 6. The molecule has 1 heterocycles. The summed E-state index contributed by atoms with van der Waals surface area (Å²) in [6.07, 6.45) is -9.90. The van der Waals surface area contributed by atoms with Crippen molar-refractivity contribution >= 4 is 24.0 Å². The van der Waals surface area contributed by atoms with Crippen molar-refractivity contribution in [3.05, 3.63) is 29.3 Å². The average molecular weight is 406 g/mol. The lowest BCUT2D eigenvalue weighted by molar-refractivity contribution is -0.143. The number of piperazine rings is 1. The van der Waals surface area contributed by atoms with Gasteiger partial charge in [0.05, 0.1) is 17.7 Å². The minimum absolute atomic E-state index is 0. The number of hydrogen-bond donors (Lipinski definition) is 2. The van der Waals surface area contributed by atoms with E-state index < -0.39 is 35.1 Å². The Kier molecular flexibility index (Phi) is 7.32. The van der Waals surface area contributed by atoms with Crippen molar-refractivity contribution in [3.8, 4) is 0 Å². The number of benzene rings is 1. The number of nitrogens with one attached hydrogen (secondary N) is 2. The van der Waals surface area contributed by atoms with Gasteiger partial charge in [0.1, 0.15) is 0 Å². The normalized spacial score (nSPS) is 19.0. The van der Waals surface area contributed by atoms with Crippen LogP contribution in [0.1, 0.15) is 18.1 Å². The topological polar surface area (TPSA) is 44.4 Å².